The average Bonchev–Trinajstić information content (AvgIpc) is 2.39. The Balaban J connectivity index is 2.04. The fraction of sp³-hybridized carbons (Fsp3) is 0.538. The number of ether oxygens (including phenoxy) is 1. The largest absolute Gasteiger partial charge is 0.377 e. The maximum atomic E-state index is 13.7. The van der Waals surface area contributed by atoms with Crippen LogP contribution in [0.2, 0.25) is 5.02 Å². The summed E-state index contributed by atoms with van der Waals surface area (Å²) in [6.07, 6.45) is 3.74. The van der Waals surface area contributed by atoms with Gasteiger partial charge in [0.1, 0.15) is 5.82 Å². The Bertz CT molecular complexity index is 397. The van der Waals surface area contributed by atoms with Crippen molar-refractivity contribution in [1.29, 1.82) is 0 Å². The molecule has 1 aliphatic heterocycles. The molecule has 0 bridgehead atoms. The molecule has 2 rings (SSSR count). The minimum absolute atomic E-state index is 0.0545. The van der Waals surface area contributed by atoms with Crippen LogP contribution in [0, 0.1) is 5.82 Å². The van der Waals surface area contributed by atoms with E-state index in [1.54, 1.807) is 12.1 Å². The summed E-state index contributed by atoms with van der Waals surface area (Å²) in [5.41, 5.74) is 3.35. The van der Waals surface area contributed by atoms with E-state index in [1.807, 2.05) is 0 Å². The van der Waals surface area contributed by atoms with E-state index in [2.05, 4.69) is 5.43 Å². The first kappa shape index (κ1) is 13.7. The van der Waals surface area contributed by atoms with Gasteiger partial charge < -0.3 is 4.74 Å². The zero-order chi connectivity index (χ0) is 13.0. The Morgan fingerprint density at radius 1 is 1.50 bits per heavy atom. The van der Waals surface area contributed by atoms with Crippen LogP contribution in [-0.2, 0) is 11.2 Å². The van der Waals surface area contributed by atoms with Gasteiger partial charge in [-0.25, -0.2) is 4.39 Å². The molecule has 1 heterocycles. The predicted octanol–water partition coefficient (Wildman–Crippen LogP) is 2.42. The molecular formula is C13H18ClFN2O. The molecule has 3 nitrogen and oxygen atoms in total. The number of hydrogen-bond acceptors (Lipinski definition) is 3. The summed E-state index contributed by atoms with van der Waals surface area (Å²) >= 11 is 5.73. The molecule has 1 aliphatic rings. The molecule has 1 fully saturated rings. The summed E-state index contributed by atoms with van der Waals surface area (Å²) in [6.45, 7) is 0.756. The Morgan fingerprint density at radius 3 is 2.94 bits per heavy atom. The van der Waals surface area contributed by atoms with Crippen LogP contribution in [0.4, 0.5) is 4.39 Å². The molecule has 0 saturated carbocycles. The van der Waals surface area contributed by atoms with Gasteiger partial charge in [-0.15, -0.1) is 0 Å². The van der Waals surface area contributed by atoms with Gasteiger partial charge in [-0.05, 0) is 43.4 Å². The highest BCUT2D eigenvalue weighted by atomic mass is 35.5. The van der Waals surface area contributed by atoms with Crippen LogP contribution in [0.5, 0.6) is 0 Å². The third-order valence-corrected chi connectivity index (χ3v) is 3.57. The summed E-state index contributed by atoms with van der Waals surface area (Å²) in [5.74, 6) is 5.26. The maximum Gasteiger partial charge on any atom is 0.127 e. The van der Waals surface area contributed by atoms with Crippen LogP contribution in [0.25, 0.3) is 0 Å². The van der Waals surface area contributed by atoms with Gasteiger partial charge in [0.25, 0.3) is 0 Å². The maximum absolute atomic E-state index is 13.7. The van der Waals surface area contributed by atoms with Gasteiger partial charge in [0.05, 0.1) is 12.1 Å². The molecule has 1 aromatic carbocycles. The topological polar surface area (TPSA) is 47.3 Å². The van der Waals surface area contributed by atoms with Crippen molar-refractivity contribution in [1.82, 2.24) is 5.43 Å². The highest BCUT2D eigenvalue weighted by Crippen LogP contribution is 2.21. The van der Waals surface area contributed by atoms with Gasteiger partial charge >= 0.3 is 0 Å². The molecule has 1 aromatic rings. The summed E-state index contributed by atoms with van der Waals surface area (Å²) in [6, 6.07) is 4.65. The van der Waals surface area contributed by atoms with Crippen LogP contribution in [-0.4, -0.2) is 18.8 Å². The lowest BCUT2D eigenvalue weighted by Crippen LogP contribution is -2.47. The average molecular weight is 273 g/mol. The summed E-state index contributed by atoms with van der Waals surface area (Å²) in [4.78, 5) is 0. The van der Waals surface area contributed by atoms with Gasteiger partial charge in [-0.3, -0.25) is 11.3 Å². The quantitative estimate of drug-likeness (QED) is 0.654. The molecule has 18 heavy (non-hydrogen) atoms. The molecule has 0 spiro atoms. The van der Waals surface area contributed by atoms with E-state index < -0.39 is 0 Å². The molecule has 1 saturated heterocycles. The molecule has 2 unspecified atom stereocenters. The van der Waals surface area contributed by atoms with Crippen molar-refractivity contribution in [2.45, 2.75) is 37.8 Å². The molecule has 100 valence electrons. The highest BCUT2D eigenvalue weighted by Gasteiger charge is 2.24. The lowest BCUT2D eigenvalue weighted by molar-refractivity contribution is -0.00758. The highest BCUT2D eigenvalue weighted by molar-refractivity contribution is 6.30. The van der Waals surface area contributed by atoms with Gasteiger partial charge in [0.15, 0.2) is 0 Å². The van der Waals surface area contributed by atoms with Crippen molar-refractivity contribution in [2.24, 2.45) is 5.84 Å². The normalized spacial score (nSPS) is 21.8. The zero-order valence-electron chi connectivity index (χ0n) is 10.2. The van der Waals surface area contributed by atoms with E-state index in [9.17, 15) is 4.39 Å². The second kappa shape index (κ2) is 6.48. The number of hydrazine groups is 1. The summed E-state index contributed by atoms with van der Waals surface area (Å²) in [5, 5.41) is 0.405. The second-order valence-corrected chi connectivity index (χ2v) is 5.05. The fourth-order valence-corrected chi connectivity index (χ4v) is 2.46. The summed E-state index contributed by atoms with van der Waals surface area (Å²) < 4.78 is 19.4. The van der Waals surface area contributed by atoms with E-state index in [4.69, 9.17) is 22.2 Å². The first-order valence-corrected chi connectivity index (χ1v) is 6.60. The minimum Gasteiger partial charge on any atom is -0.377 e. The van der Waals surface area contributed by atoms with Crippen LogP contribution >= 0.6 is 11.6 Å². The Hall–Kier alpha value is -0.680. The van der Waals surface area contributed by atoms with Gasteiger partial charge in [0.2, 0.25) is 0 Å². The number of halogens is 2. The van der Waals surface area contributed by atoms with Crippen molar-refractivity contribution in [3.63, 3.8) is 0 Å². The van der Waals surface area contributed by atoms with E-state index >= 15 is 0 Å². The first-order chi connectivity index (χ1) is 8.70. The van der Waals surface area contributed by atoms with Gasteiger partial charge in [0, 0.05) is 11.6 Å². The van der Waals surface area contributed by atoms with E-state index in [-0.39, 0.29) is 18.0 Å². The van der Waals surface area contributed by atoms with Crippen LogP contribution in [0.1, 0.15) is 24.8 Å². The zero-order valence-corrected chi connectivity index (χ0v) is 10.9. The SMILES string of the molecule is NNC(Cc1ccc(Cl)cc1F)C1CCCCO1. The Kier molecular flexibility index (Phi) is 4.95. The predicted molar refractivity (Wildman–Crippen MR) is 69.8 cm³/mol. The van der Waals surface area contributed by atoms with Crippen molar-refractivity contribution >= 4 is 11.6 Å². The number of benzene rings is 1. The fourth-order valence-electron chi connectivity index (χ4n) is 2.30. The summed E-state index contributed by atoms with van der Waals surface area (Å²) in [7, 11) is 0. The van der Waals surface area contributed by atoms with Crippen molar-refractivity contribution in [2.75, 3.05) is 6.61 Å². The number of rotatable bonds is 4. The van der Waals surface area contributed by atoms with E-state index in [0.29, 0.717) is 17.0 Å². The second-order valence-electron chi connectivity index (χ2n) is 4.62. The monoisotopic (exact) mass is 272 g/mol. The standard InChI is InChI=1S/C13H18ClFN2O/c14-10-5-4-9(11(15)8-10)7-12(17-16)13-3-1-2-6-18-13/h4-5,8,12-13,17H,1-3,6-7,16H2. The van der Waals surface area contributed by atoms with E-state index in [1.165, 1.54) is 6.07 Å². The Morgan fingerprint density at radius 2 is 2.33 bits per heavy atom. The molecule has 0 aromatic heterocycles. The number of hydrogen-bond donors (Lipinski definition) is 2. The van der Waals surface area contributed by atoms with E-state index in [0.717, 1.165) is 25.9 Å². The van der Waals surface area contributed by atoms with Gasteiger partial charge in [-0.2, -0.15) is 0 Å². The minimum atomic E-state index is -0.293. The van der Waals surface area contributed by atoms with Crippen LogP contribution in [0.3, 0.4) is 0 Å². The smallest absolute Gasteiger partial charge is 0.127 e. The lowest BCUT2D eigenvalue weighted by atomic mass is 9.96. The van der Waals surface area contributed by atoms with Crippen LogP contribution < -0.4 is 11.3 Å². The molecule has 0 aliphatic carbocycles. The number of nitrogens with two attached hydrogens (primary N) is 1. The van der Waals surface area contributed by atoms with Crippen LogP contribution in [0.15, 0.2) is 18.2 Å². The molecular weight excluding hydrogens is 255 g/mol. The molecule has 0 radical (unpaired) electrons. The molecule has 5 heteroatoms. The third kappa shape index (κ3) is 3.42. The molecule has 2 atom stereocenters. The van der Waals surface area contributed by atoms with Crippen molar-refractivity contribution in [3.05, 3.63) is 34.6 Å². The van der Waals surface area contributed by atoms with Gasteiger partial charge in [-0.1, -0.05) is 17.7 Å². The molecule has 3 N–H and O–H groups in total. The third-order valence-electron chi connectivity index (χ3n) is 3.33. The Labute approximate surface area is 111 Å². The van der Waals surface area contributed by atoms with Crippen molar-refractivity contribution < 1.29 is 9.13 Å². The first-order valence-electron chi connectivity index (χ1n) is 6.22. The number of nitrogens with one attached hydrogen (secondary N) is 1. The molecule has 0 amide bonds. The van der Waals surface area contributed by atoms with Crippen molar-refractivity contribution in [3.8, 4) is 0 Å². The lowest BCUT2D eigenvalue weighted by Gasteiger charge is -2.30.